The molecule has 2 aromatic carbocycles. The number of para-hydroxylation sites is 1. The Morgan fingerprint density at radius 1 is 1.00 bits per heavy atom. The smallest absolute Gasteiger partial charge is 0.194 e. The zero-order chi connectivity index (χ0) is 14.9. The first-order valence-corrected chi connectivity index (χ1v) is 8.71. The highest BCUT2D eigenvalue weighted by Gasteiger charge is 2.22. The zero-order valence-corrected chi connectivity index (χ0v) is 14.1. The van der Waals surface area contributed by atoms with Crippen LogP contribution in [0.4, 0.5) is 5.69 Å². The average molecular weight is 373 g/mol. The molecule has 0 aliphatic carbocycles. The van der Waals surface area contributed by atoms with Crippen molar-refractivity contribution in [1.82, 2.24) is 14.8 Å². The molecule has 0 fully saturated rings. The summed E-state index contributed by atoms with van der Waals surface area (Å²) in [4.78, 5) is 2.32. The number of fused-ring (bicyclic) bond motifs is 1. The topological polar surface area (TPSA) is 34.0 Å². The maximum absolute atomic E-state index is 4.38. The lowest BCUT2D eigenvalue weighted by Gasteiger charge is -2.29. The van der Waals surface area contributed by atoms with E-state index in [9.17, 15) is 0 Å². The number of halogens is 1. The van der Waals surface area contributed by atoms with Gasteiger partial charge in [0.25, 0.3) is 0 Å². The van der Waals surface area contributed by atoms with E-state index in [-0.39, 0.29) is 0 Å². The molecule has 4 nitrogen and oxygen atoms in total. The predicted molar refractivity (Wildman–Crippen MR) is 92.8 cm³/mol. The quantitative estimate of drug-likeness (QED) is 0.673. The van der Waals surface area contributed by atoms with Gasteiger partial charge in [-0.05, 0) is 24.3 Å². The van der Waals surface area contributed by atoms with E-state index in [4.69, 9.17) is 0 Å². The number of aromatic nitrogens is 3. The third-order valence-electron chi connectivity index (χ3n) is 3.58. The van der Waals surface area contributed by atoms with E-state index in [1.807, 2.05) is 18.2 Å². The molecule has 0 unspecified atom stereocenters. The number of benzene rings is 2. The highest BCUT2D eigenvalue weighted by Crippen LogP contribution is 2.32. The Labute approximate surface area is 141 Å². The summed E-state index contributed by atoms with van der Waals surface area (Å²) in [5.41, 5.74) is 2.29. The molecular weight excluding hydrogens is 360 g/mol. The van der Waals surface area contributed by atoms with Crippen molar-refractivity contribution in [2.24, 2.45) is 0 Å². The molecule has 110 valence electrons. The van der Waals surface area contributed by atoms with Crippen LogP contribution in [0.25, 0.3) is 11.4 Å². The molecule has 2 heterocycles. The summed E-state index contributed by atoms with van der Waals surface area (Å²) in [6.07, 6.45) is 0. The summed E-state index contributed by atoms with van der Waals surface area (Å²) in [6.45, 7) is 0.765. The van der Waals surface area contributed by atoms with E-state index in [2.05, 4.69) is 72.0 Å². The number of hydrogen-bond acceptors (Lipinski definition) is 4. The van der Waals surface area contributed by atoms with Gasteiger partial charge in [-0.2, -0.15) is 0 Å². The van der Waals surface area contributed by atoms with Crippen LogP contribution in [0.1, 0.15) is 0 Å². The molecular formula is C16H13BrN4S. The predicted octanol–water partition coefficient (Wildman–Crippen LogP) is 4.23. The van der Waals surface area contributed by atoms with Gasteiger partial charge in [-0.25, -0.2) is 0 Å². The number of rotatable bonds is 2. The first kappa shape index (κ1) is 13.8. The Hall–Kier alpha value is -1.79. The van der Waals surface area contributed by atoms with Gasteiger partial charge in [0.2, 0.25) is 0 Å². The lowest BCUT2D eigenvalue weighted by Crippen LogP contribution is -2.30. The van der Waals surface area contributed by atoms with E-state index in [1.54, 1.807) is 11.8 Å². The van der Waals surface area contributed by atoms with E-state index in [0.717, 1.165) is 33.6 Å². The minimum atomic E-state index is 0.765. The SMILES string of the molecule is Brc1cccc(-c2nnc3n2CN(c2ccccc2)CS3)c1. The highest BCUT2D eigenvalue weighted by molar-refractivity contribution is 9.10. The van der Waals surface area contributed by atoms with Crippen LogP contribution in [0.3, 0.4) is 0 Å². The molecule has 1 aromatic heterocycles. The lowest BCUT2D eigenvalue weighted by atomic mass is 10.2. The maximum atomic E-state index is 4.38. The van der Waals surface area contributed by atoms with Crippen LogP contribution in [0.2, 0.25) is 0 Å². The van der Waals surface area contributed by atoms with E-state index in [0.29, 0.717) is 0 Å². The van der Waals surface area contributed by atoms with Crippen LogP contribution < -0.4 is 4.90 Å². The van der Waals surface area contributed by atoms with Crippen molar-refractivity contribution in [2.45, 2.75) is 11.8 Å². The summed E-state index contributed by atoms with van der Waals surface area (Å²) in [5.74, 6) is 1.80. The van der Waals surface area contributed by atoms with Crippen LogP contribution in [-0.4, -0.2) is 20.6 Å². The van der Waals surface area contributed by atoms with Crippen LogP contribution in [-0.2, 0) is 6.67 Å². The summed E-state index contributed by atoms with van der Waals surface area (Å²) in [7, 11) is 0. The average Bonchev–Trinajstić information content (AvgIpc) is 2.99. The molecule has 0 radical (unpaired) electrons. The molecule has 0 saturated heterocycles. The van der Waals surface area contributed by atoms with Crippen molar-refractivity contribution in [1.29, 1.82) is 0 Å². The molecule has 0 spiro atoms. The van der Waals surface area contributed by atoms with Gasteiger partial charge in [0.15, 0.2) is 11.0 Å². The minimum absolute atomic E-state index is 0.765. The van der Waals surface area contributed by atoms with Crippen molar-refractivity contribution in [3.05, 3.63) is 59.1 Å². The van der Waals surface area contributed by atoms with Crippen molar-refractivity contribution >= 4 is 33.4 Å². The number of hydrogen-bond donors (Lipinski definition) is 0. The molecule has 3 aromatic rings. The Morgan fingerprint density at radius 2 is 1.86 bits per heavy atom. The van der Waals surface area contributed by atoms with Gasteiger partial charge >= 0.3 is 0 Å². The van der Waals surface area contributed by atoms with Gasteiger partial charge in [0, 0.05) is 15.7 Å². The third-order valence-corrected chi connectivity index (χ3v) is 5.08. The zero-order valence-electron chi connectivity index (χ0n) is 11.7. The van der Waals surface area contributed by atoms with Gasteiger partial charge in [-0.1, -0.05) is 58.0 Å². The number of nitrogens with zero attached hydrogens (tertiary/aromatic N) is 4. The van der Waals surface area contributed by atoms with Crippen molar-refractivity contribution in [3.8, 4) is 11.4 Å². The van der Waals surface area contributed by atoms with E-state index >= 15 is 0 Å². The standard InChI is InChI=1S/C16H13BrN4S/c17-13-6-4-5-12(9-13)15-18-19-16-21(15)10-20(11-22-16)14-7-2-1-3-8-14/h1-9H,10-11H2. The summed E-state index contributed by atoms with van der Waals surface area (Å²) < 4.78 is 3.22. The molecule has 0 N–H and O–H groups in total. The largest absolute Gasteiger partial charge is 0.344 e. The van der Waals surface area contributed by atoms with Gasteiger partial charge in [0.1, 0.15) is 0 Å². The van der Waals surface area contributed by atoms with Crippen LogP contribution in [0.5, 0.6) is 0 Å². The summed E-state index contributed by atoms with van der Waals surface area (Å²) in [6, 6.07) is 18.6. The van der Waals surface area contributed by atoms with E-state index in [1.165, 1.54) is 5.69 Å². The molecule has 22 heavy (non-hydrogen) atoms. The van der Waals surface area contributed by atoms with Crippen LogP contribution >= 0.6 is 27.7 Å². The summed E-state index contributed by atoms with van der Waals surface area (Å²) in [5, 5.41) is 9.68. The second kappa shape index (κ2) is 5.78. The molecule has 0 saturated carbocycles. The summed E-state index contributed by atoms with van der Waals surface area (Å²) >= 11 is 5.23. The van der Waals surface area contributed by atoms with Crippen LogP contribution in [0.15, 0.2) is 64.2 Å². The normalized spacial score (nSPS) is 14.0. The van der Waals surface area contributed by atoms with E-state index < -0.39 is 0 Å². The lowest BCUT2D eigenvalue weighted by molar-refractivity contribution is 0.608. The Balaban J connectivity index is 1.71. The number of thioether (sulfide) groups is 1. The number of anilines is 1. The first-order chi connectivity index (χ1) is 10.8. The molecule has 6 heteroatoms. The molecule has 0 amide bonds. The van der Waals surface area contributed by atoms with Gasteiger partial charge in [0.05, 0.1) is 12.5 Å². The van der Waals surface area contributed by atoms with Crippen molar-refractivity contribution < 1.29 is 0 Å². The Bertz CT molecular complexity index is 803. The fraction of sp³-hybridized carbons (Fsp3) is 0.125. The fourth-order valence-corrected chi connectivity index (χ4v) is 3.81. The van der Waals surface area contributed by atoms with Crippen molar-refractivity contribution in [2.75, 3.05) is 10.8 Å². The molecule has 0 atom stereocenters. The van der Waals surface area contributed by atoms with Gasteiger partial charge in [-0.3, -0.25) is 4.57 Å². The van der Waals surface area contributed by atoms with Gasteiger partial charge in [-0.15, -0.1) is 10.2 Å². The minimum Gasteiger partial charge on any atom is -0.344 e. The van der Waals surface area contributed by atoms with Crippen molar-refractivity contribution in [3.63, 3.8) is 0 Å². The Morgan fingerprint density at radius 3 is 2.68 bits per heavy atom. The third kappa shape index (κ3) is 2.53. The fourth-order valence-electron chi connectivity index (χ4n) is 2.51. The maximum Gasteiger partial charge on any atom is 0.194 e. The van der Waals surface area contributed by atoms with Crippen LogP contribution in [0, 0.1) is 0 Å². The monoisotopic (exact) mass is 372 g/mol. The second-order valence-corrected chi connectivity index (χ2v) is 6.86. The Kier molecular flexibility index (Phi) is 3.63. The molecule has 4 rings (SSSR count). The van der Waals surface area contributed by atoms with Gasteiger partial charge < -0.3 is 4.90 Å². The first-order valence-electron chi connectivity index (χ1n) is 6.93. The molecule has 1 aliphatic heterocycles. The second-order valence-electron chi connectivity index (χ2n) is 5.03. The molecule has 1 aliphatic rings. The highest BCUT2D eigenvalue weighted by atomic mass is 79.9. The molecule has 0 bridgehead atoms.